The van der Waals surface area contributed by atoms with Crippen LogP contribution in [-0.4, -0.2) is 4.98 Å². The zero-order chi connectivity index (χ0) is 13.0. The number of hydrogen-bond acceptors (Lipinski definition) is 3. The van der Waals surface area contributed by atoms with E-state index in [9.17, 15) is 4.79 Å². The van der Waals surface area contributed by atoms with Crippen LogP contribution in [0.25, 0.3) is 17.0 Å². The van der Waals surface area contributed by atoms with Crippen molar-refractivity contribution in [3.63, 3.8) is 0 Å². The number of nitrogens with zero attached hydrogens (tertiary/aromatic N) is 1. The summed E-state index contributed by atoms with van der Waals surface area (Å²) in [4.78, 5) is 16.4. The van der Waals surface area contributed by atoms with E-state index in [0.717, 1.165) is 31.2 Å². The van der Waals surface area contributed by atoms with Crippen LogP contribution in [0.15, 0.2) is 34.0 Å². The van der Waals surface area contributed by atoms with Crippen molar-refractivity contribution in [3.8, 4) is 0 Å². The molecule has 0 aliphatic rings. The van der Waals surface area contributed by atoms with Gasteiger partial charge in [-0.2, -0.15) is 0 Å². The number of unbranched alkanes of at least 4 members (excludes halogenated alkanes) is 2. The summed E-state index contributed by atoms with van der Waals surface area (Å²) in [5.41, 5.74) is 1.14. The second-order valence-corrected chi connectivity index (χ2v) is 4.30. The van der Waals surface area contributed by atoms with Gasteiger partial charge in [-0.05, 0) is 18.1 Å². The van der Waals surface area contributed by atoms with Gasteiger partial charge in [0, 0.05) is 6.42 Å². The van der Waals surface area contributed by atoms with Gasteiger partial charge in [0.1, 0.15) is 0 Å². The lowest BCUT2D eigenvalue weighted by Crippen LogP contribution is -2.06. The van der Waals surface area contributed by atoms with E-state index in [0.29, 0.717) is 16.8 Å². The fourth-order valence-corrected chi connectivity index (χ4v) is 1.99. The second-order valence-electron chi connectivity index (χ2n) is 4.30. The highest BCUT2D eigenvalue weighted by Gasteiger charge is 2.08. The lowest BCUT2D eigenvalue weighted by Gasteiger charge is -2.03. The molecule has 0 unspecified atom stereocenters. The Hall–Kier alpha value is -1.90. The van der Waals surface area contributed by atoms with Crippen LogP contribution in [-0.2, 0) is 6.42 Å². The molecule has 0 bridgehead atoms. The van der Waals surface area contributed by atoms with Gasteiger partial charge in [-0.15, -0.1) is 0 Å². The minimum absolute atomic E-state index is 0.318. The average Bonchev–Trinajstić information content (AvgIpc) is 2.38. The first-order valence-electron chi connectivity index (χ1n) is 6.31. The van der Waals surface area contributed by atoms with E-state index >= 15 is 0 Å². The van der Waals surface area contributed by atoms with Crippen LogP contribution in [0.4, 0.5) is 0 Å². The Morgan fingerprint density at radius 3 is 2.94 bits per heavy atom. The molecule has 3 nitrogen and oxygen atoms in total. The van der Waals surface area contributed by atoms with Crippen molar-refractivity contribution >= 4 is 17.0 Å². The number of fused-ring (bicyclic) bond motifs is 1. The summed E-state index contributed by atoms with van der Waals surface area (Å²) in [6.45, 7) is 5.84. The molecular weight excluding hydrogens is 226 g/mol. The maximum Gasteiger partial charge on any atom is 0.347 e. The molecule has 0 saturated carbocycles. The highest BCUT2D eigenvalue weighted by Crippen LogP contribution is 2.15. The Morgan fingerprint density at radius 1 is 1.39 bits per heavy atom. The van der Waals surface area contributed by atoms with Crippen molar-refractivity contribution < 1.29 is 4.42 Å². The van der Waals surface area contributed by atoms with Crippen molar-refractivity contribution in [3.05, 3.63) is 46.7 Å². The van der Waals surface area contributed by atoms with Crippen LogP contribution in [0, 0.1) is 0 Å². The van der Waals surface area contributed by atoms with Gasteiger partial charge in [0.05, 0.1) is 10.9 Å². The molecule has 18 heavy (non-hydrogen) atoms. The molecule has 3 heteroatoms. The molecule has 1 aromatic carbocycles. The topological polar surface area (TPSA) is 43.1 Å². The van der Waals surface area contributed by atoms with E-state index in [-0.39, 0.29) is 5.63 Å². The van der Waals surface area contributed by atoms with E-state index in [1.807, 2.05) is 18.2 Å². The second kappa shape index (κ2) is 5.63. The van der Waals surface area contributed by atoms with Crippen LogP contribution in [0.2, 0.25) is 0 Å². The summed E-state index contributed by atoms with van der Waals surface area (Å²) in [7, 11) is 0. The molecule has 0 aliphatic heterocycles. The molecule has 0 radical (unpaired) electrons. The first-order chi connectivity index (χ1) is 8.76. The van der Waals surface area contributed by atoms with Crippen molar-refractivity contribution in [1.29, 1.82) is 0 Å². The minimum atomic E-state index is -0.318. The summed E-state index contributed by atoms with van der Waals surface area (Å²) in [6.07, 6.45) is 5.63. The summed E-state index contributed by atoms with van der Waals surface area (Å²) in [5.74, 6) is 0.530. The molecular formula is C15H17NO2. The molecule has 0 spiro atoms. The first-order valence-corrected chi connectivity index (χ1v) is 6.31. The highest BCUT2D eigenvalue weighted by atomic mass is 16.4. The molecule has 1 aromatic heterocycles. The Kier molecular flexibility index (Phi) is 3.92. The maximum absolute atomic E-state index is 12.0. The molecule has 0 aliphatic carbocycles. The maximum atomic E-state index is 12.0. The Bertz CT molecular complexity index is 613. The Labute approximate surface area is 106 Å². The van der Waals surface area contributed by atoms with E-state index < -0.39 is 0 Å². The van der Waals surface area contributed by atoms with Gasteiger partial charge < -0.3 is 4.42 Å². The molecule has 1 heterocycles. The third kappa shape index (κ3) is 2.50. The molecule has 0 amide bonds. The van der Waals surface area contributed by atoms with Gasteiger partial charge >= 0.3 is 5.63 Å². The summed E-state index contributed by atoms with van der Waals surface area (Å²) >= 11 is 0. The summed E-state index contributed by atoms with van der Waals surface area (Å²) in [6, 6.07) is 5.55. The fourth-order valence-electron chi connectivity index (χ4n) is 1.99. The highest BCUT2D eigenvalue weighted by molar-refractivity contribution is 5.86. The van der Waals surface area contributed by atoms with Crippen LogP contribution < -0.4 is 5.63 Å². The molecule has 0 fully saturated rings. The van der Waals surface area contributed by atoms with Crippen LogP contribution in [0.3, 0.4) is 0 Å². The van der Waals surface area contributed by atoms with E-state index in [1.54, 1.807) is 6.08 Å². The number of benzene rings is 1. The molecule has 0 saturated heterocycles. The molecule has 94 valence electrons. The minimum Gasteiger partial charge on any atom is -0.408 e. The van der Waals surface area contributed by atoms with Crippen molar-refractivity contribution in [2.75, 3.05) is 0 Å². The molecule has 0 atom stereocenters. The fraction of sp³-hybridized carbons (Fsp3) is 0.333. The van der Waals surface area contributed by atoms with Gasteiger partial charge in [0.25, 0.3) is 0 Å². The zero-order valence-electron chi connectivity index (χ0n) is 10.6. The third-order valence-electron chi connectivity index (χ3n) is 2.95. The van der Waals surface area contributed by atoms with Gasteiger partial charge in [0.2, 0.25) is 0 Å². The lowest BCUT2D eigenvalue weighted by molar-refractivity contribution is 0.435. The SMILES string of the molecule is C=Cc1cccc2nc(CCCCC)oc(=O)c12. The molecule has 0 N–H and O–H groups in total. The number of aryl methyl sites for hydroxylation is 1. The first kappa shape index (κ1) is 12.6. The number of rotatable bonds is 5. The molecule has 2 rings (SSSR count). The lowest BCUT2D eigenvalue weighted by atomic mass is 10.1. The number of hydrogen-bond donors (Lipinski definition) is 0. The summed E-state index contributed by atoms with van der Waals surface area (Å²) < 4.78 is 5.27. The monoisotopic (exact) mass is 243 g/mol. The third-order valence-corrected chi connectivity index (χ3v) is 2.95. The van der Waals surface area contributed by atoms with Crippen molar-refractivity contribution in [1.82, 2.24) is 4.98 Å². The van der Waals surface area contributed by atoms with Gasteiger partial charge in [-0.25, -0.2) is 9.78 Å². The van der Waals surface area contributed by atoms with E-state index in [2.05, 4.69) is 18.5 Å². The van der Waals surface area contributed by atoms with Crippen LogP contribution in [0.1, 0.15) is 37.6 Å². The van der Waals surface area contributed by atoms with E-state index in [4.69, 9.17) is 4.42 Å². The predicted molar refractivity (Wildman–Crippen MR) is 73.6 cm³/mol. The largest absolute Gasteiger partial charge is 0.408 e. The Balaban J connectivity index is 2.44. The predicted octanol–water partition coefficient (Wildman–Crippen LogP) is 3.56. The molecule has 2 aromatic rings. The van der Waals surface area contributed by atoms with Gasteiger partial charge in [0.15, 0.2) is 5.89 Å². The quantitative estimate of drug-likeness (QED) is 0.754. The van der Waals surface area contributed by atoms with Crippen LogP contribution >= 0.6 is 0 Å². The normalized spacial score (nSPS) is 10.7. The van der Waals surface area contributed by atoms with Gasteiger partial charge in [-0.1, -0.05) is 44.6 Å². The van der Waals surface area contributed by atoms with E-state index in [1.165, 1.54) is 0 Å². The Morgan fingerprint density at radius 2 is 2.22 bits per heavy atom. The summed E-state index contributed by atoms with van der Waals surface area (Å²) in [5, 5.41) is 0.520. The van der Waals surface area contributed by atoms with Crippen LogP contribution in [0.5, 0.6) is 0 Å². The van der Waals surface area contributed by atoms with Crippen molar-refractivity contribution in [2.24, 2.45) is 0 Å². The average molecular weight is 243 g/mol. The standard InChI is InChI=1S/C15H17NO2/c1-3-5-6-10-13-16-12-9-7-8-11(4-2)14(12)15(17)18-13/h4,7-9H,2-3,5-6,10H2,1H3. The smallest absolute Gasteiger partial charge is 0.347 e. The zero-order valence-corrected chi connectivity index (χ0v) is 10.6. The van der Waals surface area contributed by atoms with Crippen molar-refractivity contribution in [2.45, 2.75) is 32.6 Å². The number of aromatic nitrogens is 1. The van der Waals surface area contributed by atoms with Gasteiger partial charge in [-0.3, -0.25) is 0 Å².